The summed E-state index contributed by atoms with van der Waals surface area (Å²) in [6.07, 6.45) is 5.90. The van der Waals surface area contributed by atoms with E-state index in [2.05, 4.69) is 5.32 Å². The number of carbonyl (C=O) groups is 1. The molecule has 12 heavy (non-hydrogen) atoms. The molecular weight excluding hydrogens is 154 g/mol. The average molecular weight is 171 g/mol. The minimum absolute atomic E-state index is 0.326. The van der Waals surface area contributed by atoms with Crippen LogP contribution in [0.1, 0.15) is 38.5 Å². The molecule has 1 aliphatic heterocycles. The number of carboxylic acids is 1. The lowest BCUT2D eigenvalue weighted by Gasteiger charge is -2.07. The highest BCUT2D eigenvalue weighted by molar-refractivity contribution is 5.66. The maximum atomic E-state index is 10.2. The lowest BCUT2D eigenvalue weighted by atomic mass is 10.1. The van der Waals surface area contributed by atoms with Gasteiger partial charge >= 0.3 is 5.97 Å². The molecule has 3 heteroatoms. The Balaban J connectivity index is 1.91. The largest absolute Gasteiger partial charge is 0.481 e. The van der Waals surface area contributed by atoms with Crippen molar-refractivity contribution in [2.24, 2.45) is 0 Å². The van der Waals surface area contributed by atoms with Crippen molar-refractivity contribution in [3.8, 4) is 0 Å². The van der Waals surface area contributed by atoms with E-state index < -0.39 is 5.97 Å². The number of carboxylic acid groups (broad SMARTS) is 1. The first-order valence-corrected chi connectivity index (χ1v) is 4.74. The number of hydrogen-bond donors (Lipinski definition) is 2. The van der Waals surface area contributed by atoms with E-state index in [0.29, 0.717) is 12.5 Å². The normalized spacial score (nSPS) is 22.8. The highest BCUT2D eigenvalue weighted by Gasteiger charge is 2.12. The van der Waals surface area contributed by atoms with Crippen LogP contribution in [0.4, 0.5) is 0 Å². The van der Waals surface area contributed by atoms with Gasteiger partial charge in [-0.15, -0.1) is 0 Å². The van der Waals surface area contributed by atoms with E-state index in [4.69, 9.17) is 5.11 Å². The van der Waals surface area contributed by atoms with E-state index >= 15 is 0 Å². The van der Waals surface area contributed by atoms with Gasteiger partial charge in [0.25, 0.3) is 0 Å². The van der Waals surface area contributed by atoms with Crippen molar-refractivity contribution < 1.29 is 9.90 Å². The molecule has 1 aliphatic rings. The van der Waals surface area contributed by atoms with Crippen LogP contribution in [0.2, 0.25) is 0 Å². The Kier molecular flexibility index (Phi) is 4.08. The second-order valence-corrected chi connectivity index (χ2v) is 3.43. The van der Waals surface area contributed by atoms with E-state index in [1.165, 1.54) is 12.8 Å². The molecule has 70 valence electrons. The van der Waals surface area contributed by atoms with Crippen molar-refractivity contribution in [2.45, 2.75) is 44.6 Å². The molecular formula is C9H17NO2. The molecule has 0 amide bonds. The molecule has 0 aliphatic carbocycles. The number of rotatable bonds is 5. The SMILES string of the molecule is O=C(O)CCCCC1CCCN1. The first-order chi connectivity index (χ1) is 5.79. The highest BCUT2D eigenvalue weighted by Crippen LogP contribution is 2.12. The van der Waals surface area contributed by atoms with Gasteiger partial charge in [-0.05, 0) is 32.2 Å². The summed E-state index contributed by atoms with van der Waals surface area (Å²) in [5, 5.41) is 11.8. The summed E-state index contributed by atoms with van der Waals surface area (Å²) in [7, 11) is 0. The van der Waals surface area contributed by atoms with Crippen LogP contribution in [0.15, 0.2) is 0 Å². The first-order valence-electron chi connectivity index (χ1n) is 4.74. The first kappa shape index (κ1) is 9.52. The molecule has 1 heterocycles. The lowest BCUT2D eigenvalue weighted by Crippen LogP contribution is -2.20. The standard InChI is InChI=1S/C9H17NO2/c11-9(12)6-2-1-4-8-5-3-7-10-8/h8,10H,1-7H2,(H,11,12). The average Bonchev–Trinajstić information content (AvgIpc) is 2.49. The van der Waals surface area contributed by atoms with E-state index in [1.807, 2.05) is 0 Å². The van der Waals surface area contributed by atoms with Crippen molar-refractivity contribution in [2.75, 3.05) is 6.54 Å². The Morgan fingerprint density at radius 1 is 1.50 bits per heavy atom. The third-order valence-electron chi connectivity index (χ3n) is 2.36. The second kappa shape index (κ2) is 5.14. The van der Waals surface area contributed by atoms with Crippen LogP contribution in [0.3, 0.4) is 0 Å². The maximum Gasteiger partial charge on any atom is 0.303 e. The molecule has 3 nitrogen and oxygen atoms in total. The topological polar surface area (TPSA) is 49.3 Å². The predicted octanol–water partition coefficient (Wildman–Crippen LogP) is 1.38. The molecule has 1 fully saturated rings. The molecule has 0 radical (unpaired) electrons. The summed E-state index contributed by atoms with van der Waals surface area (Å²) >= 11 is 0. The monoisotopic (exact) mass is 171 g/mol. The number of nitrogens with one attached hydrogen (secondary N) is 1. The van der Waals surface area contributed by atoms with Gasteiger partial charge < -0.3 is 10.4 Å². The van der Waals surface area contributed by atoms with Gasteiger partial charge in [0.05, 0.1) is 0 Å². The van der Waals surface area contributed by atoms with Gasteiger partial charge in [0.1, 0.15) is 0 Å². The minimum atomic E-state index is -0.672. The smallest absolute Gasteiger partial charge is 0.303 e. The Morgan fingerprint density at radius 3 is 2.92 bits per heavy atom. The predicted molar refractivity (Wildman–Crippen MR) is 47.1 cm³/mol. The van der Waals surface area contributed by atoms with Crippen molar-refractivity contribution >= 4 is 5.97 Å². The summed E-state index contributed by atoms with van der Waals surface area (Å²) in [6.45, 7) is 1.14. The zero-order valence-electron chi connectivity index (χ0n) is 7.38. The highest BCUT2D eigenvalue weighted by atomic mass is 16.4. The molecule has 0 aromatic rings. The van der Waals surface area contributed by atoms with E-state index in [9.17, 15) is 4.79 Å². The van der Waals surface area contributed by atoms with Crippen molar-refractivity contribution in [3.63, 3.8) is 0 Å². The maximum absolute atomic E-state index is 10.2. The summed E-state index contributed by atoms with van der Waals surface area (Å²) in [5.74, 6) is -0.672. The zero-order chi connectivity index (χ0) is 8.81. The van der Waals surface area contributed by atoms with Crippen LogP contribution < -0.4 is 5.32 Å². The summed E-state index contributed by atoms with van der Waals surface area (Å²) in [6, 6.07) is 0.666. The fourth-order valence-corrected chi connectivity index (χ4v) is 1.67. The van der Waals surface area contributed by atoms with Crippen molar-refractivity contribution in [1.82, 2.24) is 5.32 Å². The molecule has 1 unspecified atom stereocenters. The van der Waals surface area contributed by atoms with Crippen molar-refractivity contribution in [3.05, 3.63) is 0 Å². The molecule has 0 spiro atoms. The van der Waals surface area contributed by atoms with Gasteiger partial charge in [0, 0.05) is 12.5 Å². The molecule has 0 aromatic carbocycles. The Morgan fingerprint density at radius 2 is 2.33 bits per heavy atom. The molecule has 2 N–H and O–H groups in total. The Hall–Kier alpha value is -0.570. The molecule has 1 saturated heterocycles. The van der Waals surface area contributed by atoms with Gasteiger partial charge in [-0.25, -0.2) is 0 Å². The number of hydrogen-bond acceptors (Lipinski definition) is 2. The fourth-order valence-electron chi connectivity index (χ4n) is 1.67. The van der Waals surface area contributed by atoms with E-state index in [-0.39, 0.29) is 0 Å². The Bertz CT molecular complexity index is 141. The summed E-state index contributed by atoms with van der Waals surface area (Å²) in [5.41, 5.74) is 0. The molecule has 0 saturated carbocycles. The third-order valence-corrected chi connectivity index (χ3v) is 2.36. The quantitative estimate of drug-likeness (QED) is 0.614. The van der Waals surface area contributed by atoms with Gasteiger partial charge in [-0.2, -0.15) is 0 Å². The fraction of sp³-hybridized carbons (Fsp3) is 0.889. The molecule has 1 atom stereocenters. The minimum Gasteiger partial charge on any atom is -0.481 e. The zero-order valence-corrected chi connectivity index (χ0v) is 7.38. The molecule has 0 aromatic heterocycles. The van der Waals surface area contributed by atoms with Gasteiger partial charge in [-0.3, -0.25) is 4.79 Å². The summed E-state index contributed by atoms with van der Waals surface area (Å²) < 4.78 is 0. The van der Waals surface area contributed by atoms with Crippen LogP contribution in [-0.2, 0) is 4.79 Å². The van der Waals surface area contributed by atoms with Gasteiger partial charge in [0.15, 0.2) is 0 Å². The van der Waals surface area contributed by atoms with Gasteiger partial charge in [0.2, 0.25) is 0 Å². The van der Waals surface area contributed by atoms with Crippen LogP contribution in [0.5, 0.6) is 0 Å². The lowest BCUT2D eigenvalue weighted by molar-refractivity contribution is -0.137. The third kappa shape index (κ3) is 3.72. The molecule has 1 rings (SSSR count). The Labute approximate surface area is 73.2 Å². The summed E-state index contributed by atoms with van der Waals surface area (Å²) in [4.78, 5) is 10.2. The van der Waals surface area contributed by atoms with Crippen LogP contribution in [0.25, 0.3) is 0 Å². The number of unbranched alkanes of at least 4 members (excludes halogenated alkanes) is 1. The van der Waals surface area contributed by atoms with Crippen molar-refractivity contribution in [1.29, 1.82) is 0 Å². The van der Waals surface area contributed by atoms with Crippen LogP contribution in [-0.4, -0.2) is 23.7 Å². The number of aliphatic carboxylic acids is 1. The van der Waals surface area contributed by atoms with Crippen LogP contribution in [0, 0.1) is 0 Å². The van der Waals surface area contributed by atoms with Crippen LogP contribution >= 0.6 is 0 Å². The van der Waals surface area contributed by atoms with E-state index in [1.54, 1.807) is 0 Å². The molecule has 0 bridgehead atoms. The van der Waals surface area contributed by atoms with E-state index in [0.717, 1.165) is 25.8 Å². The second-order valence-electron chi connectivity index (χ2n) is 3.43. The van der Waals surface area contributed by atoms with Gasteiger partial charge in [-0.1, -0.05) is 6.42 Å².